The van der Waals surface area contributed by atoms with Gasteiger partial charge >= 0.3 is 39.5 Å². The number of hydrogen-bond acceptors (Lipinski definition) is 15. The fourth-order valence-corrected chi connectivity index (χ4v) is 12.3. The Bertz CT molecular complexity index is 1750. The molecule has 0 aromatic heterocycles. The van der Waals surface area contributed by atoms with E-state index >= 15 is 0 Å². The zero-order valence-electron chi connectivity index (χ0n) is 58.4. The highest BCUT2D eigenvalue weighted by molar-refractivity contribution is 7.47. The lowest BCUT2D eigenvalue weighted by Crippen LogP contribution is -2.30. The van der Waals surface area contributed by atoms with Crippen LogP contribution in [0, 0.1) is 11.8 Å². The standard InChI is InChI=1S/C71H138O17P2/c1-7-10-12-14-16-18-20-22-23-24-25-26-28-30-32-34-43-49-55-70(75)87-66(59-81-68(73)53-47-41-33-31-29-27-21-19-17-15-13-11-8-2)61-85-89(77,78)83-57-65(72)58-84-90(79,80)86-62-67(60-82-69(74)54-48-42-37-35-39-45-51-63(4)5)88-71(76)56-50-44-38-36-40-46-52-64(6)9-3/h63-67,72H,7-62H2,1-6H3,(H,77,78)(H,79,80)/t64?,65-,66-,67-/m1/s1. The summed E-state index contributed by atoms with van der Waals surface area (Å²) in [7, 11) is -9.90. The number of ether oxygens (including phenoxy) is 4. The third-order valence-electron chi connectivity index (χ3n) is 16.8. The number of unbranched alkanes of at least 4 members (excludes halogenated alkanes) is 39. The molecule has 0 radical (unpaired) electrons. The third kappa shape index (κ3) is 63.5. The summed E-state index contributed by atoms with van der Waals surface area (Å²) in [5.41, 5.74) is 0. The third-order valence-corrected chi connectivity index (χ3v) is 18.7. The minimum atomic E-state index is -4.95. The van der Waals surface area contributed by atoms with Gasteiger partial charge in [0.1, 0.15) is 19.3 Å². The van der Waals surface area contributed by atoms with Crippen LogP contribution in [0.3, 0.4) is 0 Å². The van der Waals surface area contributed by atoms with Crippen LogP contribution < -0.4 is 0 Å². The van der Waals surface area contributed by atoms with Gasteiger partial charge in [-0.05, 0) is 37.5 Å². The quantitative estimate of drug-likeness (QED) is 0.0222. The lowest BCUT2D eigenvalue weighted by Gasteiger charge is -2.21. The molecule has 0 heterocycles. The van der Waals surface area contributed by atoms with Crippen LogP contribution in [0.1, 0.15) is 363 Å². The number of rotatable bonds is 70. The first kappa shape index (κ1) is 88.1. The van der Waals surface area contributed by atoms with E-state index in [0.29, 0.717) is 31.6 Å². The second-order valence-corrected chi connectivity index (χ2v) is 29.3. The van der Waals surface area contributed by atoms with E-state index in [1.165, 1.54) is 173 Å². The van der Waals surface area contributed by atoms with Crippen LogP contribution in [0.5, 0.6) is 0 Å². The predicted molar refractivity (Wildman–Crippen MR) is 363 cm³/mol. The molecule has 0 aromatic rings. The van der Waals surface area contributed by atoms with Gasteiger partial charge in [-0.3, -0.25) is 37.3 Å². The summed E-state index contributed by atoms with van der Waals surface area (Å²) in [6.07, 6.45) is 48.8. The van der Waals surface area contributed by atoms with Crippen LogP contribution in [-0.2, 0) is 65.4 Å². The molecule has 0 aliphatic carbocycles. The molecule has 90 heavy (non-hydrogen) atoms. The fraction of sp³-hybridized carbons (Fsp3) is 0.944. The van der Waals surface area contributed by atoms with Crippen molar-refractivity contribution in [1.29, 1.82) is 0 Å². The van der Waals surface area contributed by atoms with Crippen molar-refractivity contribution in [2.45, 2.75) is 381 Å². The Labute approximate surface area is 549 Å². The number of esters is 4. The van der Waals surface area contributed by atoms with Crippen molar-refractivity contribution in [2.24, 2.45) is 11.8 Å². The first-order chi connectivity index (χ1) is 43.4. The minimum absolute atomic E-state index is 0.102. The van der Waals surface area contributed by atoms with Crippen molar-refractivity contribution < 1.29 is 80.2 Å². The fourth-order valence-electron chi connectivity index (χ4n) is 10.7. The van der Waals surface area contributed by atoms with E-state index in [9.17, 15) is 43.2 Å². The van der Waals surface area contributed by atoms with E-state index in [0.717, 1.165) is 102 Å². The zero-order valence-corrected chi connectivity index (χ0v) is 60.2. The summed E-state index contributed by atoms with van der Waals surface area (Å²) in [6, 6.07) is 0. The van der Waals surface area contributed by atoms with Crippen molar-refractivity contribution in [1.82, 2.24) is 0 Å². The van der Waals surface area contributed by atoms with Crippen LogP contribution >= 0.6 is 15.6 Å². The van der Waals surface area contributed by atoms with E-state index in [2.05, 4.69) is 41.5 Å². The van der Waals surface area contributed by atoms with Gasteiger partial charge in [-0.1, -0.05) is 311 Å². The first-order valence-electron chi connectivity index (χ1n) is 37.0. The number of aliphatic hydroxyl groups is 1. The molecule has 0 saturated carbocycles. The minimum Gasteiger partial charge on any atom is -0.462 e. The van der Waals surface area contributed by atoms with E-state index < -0.39 is 97.5 Å². The molecule has 534 valence electrons. The average Bonchev–Trinajstić information content (AvgIpc) is 3.23. The molecule has 0 bridgehead atoms. The highest BCUT2D eigenvalue weighted by Crippen LogP contribution is 2.45. The van der Waals surface area contributed by atoms with Gasteiger partial charge in [0.25, 0.3) is 0 Å². The van der Waals surface area contributed by atoms with Gasteiger partial charge in [-0.15, -0.1) is 0 Å². The second-order valence-electron chi connectivity index (χ2n) is 26.3. The van der Waals surface area contributed by atoms with Gasteiger partial charge in [0.2, 0.25) is 0 Å². The summed E-state index contributed by atoms with van der Waals surface area (Å²) in [4.78, 5) is 72.5. The molecular formula is C71H138O17P2. The van der Waals surface area contributed by atoms with E-state index in [4.69, 9.17) is 37.0 Å². The Morgan fingerprint density at radius 1 is 0.322 bits per heavy atom. The Morgan fingerprint density at radius 2 is 0.567 bits per heavy atom. The molecule has 0 aliphatic rings. The molecule has 19 heteroatoms. The number of phosphoric ester groups is 2. The molecule has 0 amide bonds. The second kappa shape index (κ2) is 63.1. The monoisotopic (exact) mass is 1320 g/mol. The zero-order chi connectivity index (χ0) is 66.5. The topological polar surface area (TPSA) is 237 Å². The molecule has 3 N–H and O–H groups in total. The summed E-state index contributed by atoms with van der Waals surface area (Å²) >= 11 is 0. The van der Waals surface area contributed by atoms with Crippen molar-refractivity contribution in [3.63, 3.8) is 0 Å². The summed E-state index contributed by atoms with van der Waals surface area (Å²) in [5, 5.41) is 10.6. The number of aliphatic hydroxyl groups excluding tert-OH is 1. The van der Waals surface area contributed by atoms with Gasteiger partial charge in [0.05, 0.1) is 26.4 Å². The summed E-state index contributed by atoms with van der Waals surface area (Å²) < 4.78 is 68.3. The van der Waals surface area contributed by atoms with Crippen LogP contribution in [0.4, 0.5) is 0 Å². The van der Waals surface area contributed by atoms with Crippen molar-refractivity contribution in [2.75, 3.05) is 39.6 Å². The van der Waals surface area contributed by atoms with Crippen LogP contribution in [0.15, 0.2) is 0 Å². The van der Waals surface area contributed by atoms with Crippen molar-refractivity contribution in [3.8, 4) is 0 Å². The maximum atomic E-state index is 13.0. The SMILES string of the molecule is CCCCCCCCCCCCCCCCCCCCC(=O)O[C@H](COC(=O)CCCCCCCCCCCCCCC)COP(=O)(O)OC[C@@H](O)COP(=O)(O)OC[C@@H](COC(=O)CCCCCCCCC(C)C)OC(=O)CCCCCCCCC(C)CC. The predicted octanol–water partition coefficient (Wildman–Crippen LogP) is 20.4. The Kier molecular flexibility index (Phi) is 61.8. The van der Waals surface area contributed by atoms with Gasteiger partial charge in [-0.25, -0.2) is 9.13 Å². The summed E-state index contributed by atoms with van der Waals surface area (Å²) in [5.74, 6) is -0.727. The molecule has 17 nitrogen and oxygen atoms in total. The average molecular weight is 1330 g/mol. The number of carbonyl (C=O) groups is 4. The molecule has 0 aliphatic heterocycles. The van der Waals surface area contributed by atoms with Gasteiger partial charge in [0.15, 0.2) is 12.2 Å². The first-order valence-corrected chi connectivity index (χ1v) is 40.0. The lowest BCUT2D eigenvalue weighted by atomic mass is 10.00. The van der Waals surface area contributed by atoms with Crippen LogP contribution in [0.25, 0.3) is 0 Å². The molecule has 0 fully saturated rings. The van der Waals surface area contributed by atoms with Crippen molar-refractivity contribution >= 4 is 39.5 Å². The maximum Gasteiger partial charge on any atom is 0.472 e. The van der Waals surface area contributed by atoms with Crippen LogP contribution in [0.2, 0.25) is 0 Å². The lowest BCUT2D eigenvalue weighted by molar-refractivity contribution is -0.161. The van der Waals surface area contributed by atoms with E-state index in [-0.39, 0.29) is 25.7 Å². The molecule has 0 spiro atoms. The highest BCUT2D eigenvalue weighted by atomic mass is 31.2. The van der Waals surface area contributed by atoms with Crippen molar-refractivity contribution in [3.05, 3.63) is 0 Å². The van der Waals surface area contributed by atoms with Gasteiger partial charge in [0, 0.05) is 25.7 Å². The highest BCUT2D eigenvalue weighted by Gasteiger charge is 2.30. The molecule has 0 rings (SSSR count). The van der Waals surface area contributed by atoms with Gasteiger partial charge in [-0.2, -0.15) is 0 Å². The molecule has 3 unspecified atom stereocenters. The molecule has 0 aromatic carbocycles. The molecule has 6 atom stereocenters. The Morgan fingerprint density at radius 3 is 0.844 bits per heavy atom. The van der Waals surface area contributed by atoms with Gasteiger partial charge < -0.3 is 33.8 Å². The normalized spacial score (nSPS) is 14.4. The Balaban J connectivity index is 5.22. The Hall–Kier alpha value is -1.94. The summed E-state index contributed by atoms with van der Waals surface area (Å²) in [6.45, 7) is 9.42. The molecular weight excluding hydrogens is 1190 g/mol. The number of carbonyl (C=O) groups excluding carboxylic acids is 4. The maximum absolute atomic E-state index is 13.0. The molecule has 0 saturated heterocycles. The van der Waals surface area contributed by atoms with Crippen LogP contribution in [-0.4, -0.2) is 96.7 Å². The number of hydrogen-bond donors (Lipinski definition) is 3. The number of phosphoric acid groups is 2. The smallest absolute Gasteiger partial charge is 0.462 e. The largest absolute Gasteiger partial charge is 0.472 e. The van der Waals surface area contributed by atoms with E-state index in [1.54, 1.807) is 0 Å². The van der Waals surface area contributed by atoms with E-state index in [1.807, 2.05) is 0 Å².